The SMILES string of the molecule is CC(CCO)CNC(=O)c1ccc(N2CCN(C(C)C)CC2)cc1. The molecule has 1 aromatic rings. The molecule has 2 rings (SSSR count). The topological polar surface area (TPSA) is 55.8 Å². The van der Waals surface area contributed by atoms with Crippen LogP contribution in [0.3, 0.4) is 0 Å². The Morgan fingerprint density at radius 2 is 1.75 bits per heavy atom. The normalized spacial score (nSPS) is 17.1. The number of amides is 1. The summed E-state index contributed by atoms with van der Waals surface area (Å²) in [4.78, 5) is 17.0. The average molecular weight is 333 g/mol. The summed E-state index contributed by atoms with van der Waals surface area (Å²) in [5.41, 5.74) is 1.87. The van der Waals surface area contributed by atoms with Gasteiger partial charge in [0.05, 0.1) is 0 Å². The van der Waals surface area contributed by atoms with E-state index >= 15 is 0 Å². The number of aliphatic hydroxyl groups excluding tert-OH is 1. The first kappa shape index (κ1) is 18.7. The van der Waals surface area contributed by atoms with Crippen LogP contribution in [0.15, 0.2) is 24.3 Å². The van der Waals surface area contributed by atoms with Gasteiger partial charge in [0, 0.05) is 56.6 Å². The molecule has 0 spiro atoms. The van der Waals surface area contributed by atoms with Crippen molar-refractivity contribution in [1.82, 2.24) is 10.2 Å². The standard InChI is InChI=1S/C19H31N3O2/c1-15(2)21-9-11-22(12-10-21)18-6-4-17(5-7-18)19(24)20-14-16(3)8-13-23/h4-7,15-16,23H,8-14H2,1-3H3,(H,20,24). The summed E-state index contributed by atoms with van der Waals surface area (Å²) < 4.78 is 0. The van der Waals surface area contributed by atoms with Crippen molar-refractivity contribution in [3.63, 3.8) is 0 Å². The molecule has 1 amide bonds. The molecule has 0 aromatic heterocycles. The summed E-state index contributed by atoms with van der Waals surface area (Å²) in [5, 5.41) is 11.8. The zero-order valence-corrected chi connectivity index (χ0v) is 15.2. The fourth-order valence-corrected chi connectivity index (χ4v) is 3.01. The summed E-state index contributed by atoms with van der Waals surface area (Å²) in [6.07, 6.45) is 0.710. The molecule has 5 nitrogen and oxygen atoms in total. The van der Waals surface area contributed by atoms with Crippen molar-refractivity contribution in [2.45, 2.75) is 33.2 Å². The Morgan fingerprint density at radius 3 is 2.29 bits per heavy atom. The second-order valence-corrected chi connectivity index (χ2v) is 6.99. The smallest absolute Gasteiger partial charge is 0.251 e. The van der Waals surface area contributed by atoms with E-state index in [0.29, 0.717) is 24.6 Å². The summed E-state index contributed by atoms with van der Waals surface area (Å²) >= 11 is 0. The minimum absolute atomic E-state index is 0.0454. The maximum atomic E-state index is 12.2. The Kier molecular flexibility index (Phi) is 7.06. The second-order valence-electron chi connectivity index (χ2n) is 6.99. The molecule has 0 aliphatic carbocycles. The Bertz CT molecular complexity index is 508. The van der Waals surface area contributed by atoms with E-state index in [1.165, 1.54) is 5.69 Å². The maximum absolute atomic E-state index is 12.2. The Morgan fingerprint density at radius 1 is 1.12 bits per heavy atom. The quantitative estimate of drug-likeness (QED) is 0.801. The third-order valence-corrected chi connectivity index (χ3v) is 4.77. The highest BCUT2D eigenvalue weighted by atomic mass is 16.3. The Balaban J connectivity index is 1.85. The molecule has 0 bridgehead atoms. The van der Waals surface area contributed by atoms with E-state index in [4.69, 9.17) is 5.11 Å². The molecule has 1 saturated heterocycles. The molecule has 134 valence electrons. The lowest BCUT2D eigenvalue weighted by atomic mass is 10.1. The predicted molar refractivity (Wildman–Crippen MR) is 98.6 cm³/mol. The van der Waals surface area contributed by atoms with Gasteiger partial charge in [-0.2, -0.15) is 0 Å². The molecule has 0 saturated carbocycles. The van der Waals surface area contributed by atoms with Crippen molar-refractivity contribution in [2.24, 2.45) is 5.92 Å². The fraction of sp³-hybridized carbons (Fsp3) is 0.632. The van der Waals surface area contributed by atoms with E-state index in [1.54, 1.807) is 0 Å². The van der Waals surface area contributed by atoms with Gasteiger partial charge in [0.25, 0.3) is 5.91 Å². The molecule has 24 heavy (non-hydrogen) atoms. The van der Waals surface area contributed by atoms with Crippen molar-refractivity contribution in [3.8, 4) is 0 Å². The van der Waals surface area contributed by atoms with Crippen molar-refractivity contribution in [2.75, 3.05) is 44.2 Å². The van der Waals surface area contributed by atoms with Crippen LogP contribution in [0.2, 0.25) is 0 Å². The van der Waals surface area contributed by atoms with Crippen LogP contribution in [0.25, 0.3) is 0 Å². The van der Waals surface area contributed by atoms with Gasteiger partial charge in [-0.05, 0) is 50.5 Å². The number of carbonyl (C=O) groups excluding carboxylic acids is 1. The molecule has 1 unspecified atom stereocenters. The van der Waals surface area contributed by atoms with E-state index in [2.05, 4.69) is 29.0 Å². The number of nitrogens with one attached hydrogen (secondary N) is 1. The fourth-order valence-electron chi connectivity index (χ4n) is 3.01. The Hall–Kier alpha value is -1.59. The third-order valence-electron chi connectivity index (χ3n) is 4.77. The summed E-state index contributed by atoms with van der Waals surface area (Å²) in [5.74, 6) is 0.242. The van der Waals surface area contributed by atoms with E-state index in [0.717, 1.165) is 26.2 Å². The molecule has 5 heteroatoms. The van der Waals surface area contributed by atoms with Crippen molar-refractivity contribution < 1.29 is 9.90 Å². The summed E-state index contributed by atoms with van der Waals surface area (Å²) in [6.45, 7) is 11.5. The average Bonchev–Trinajstić information content (AvgIpc) is 2.60. The summed E-state index contributed by atoms with van der Waals surface area (Å²) in [6, 6.07) is 8.48. The first-order chi connectivity index (χ1) is 11.5. The first-order valence-corrected chi connectivity index (χ1v) is 8.99. The van der Waals surface area contributed by atoms with Crippen LogP contribution in [-0.4, -0.2) is 61.3 Å². The van der Waals surface area contributed by atoms with Crippen molar-refractivity contribution >= 4 is 11.6 Å². The van der Waals surface area contributed by atoms with Gasteiger partial charge in [-0.15, -0.1) is 0 Å². The van der Waals surface area contributed by atoms with Crippen LogP contribution in [0.5, 0.6) is 0 Å². The van der Waals surface area contributed by atoms with E-state index < -0.39 is 0 Å². The molecule has 1 atom stereocenters. The molecule has 1 aliphatic rings. The van der Waals surface area contributed by atoms with Gasteiger partial charge in [-0.25, -0.2) is 0 Å². The minimum Gasteiger partial charge on any atom is -0.396 e. The van der Waals surface area contributed by atoms with Crippen molar-refractivity contribution in [3.05, 3.63) is 29.8 Å². The number of carbonyl (C=O) groups is 1. The lowest BCUT2D eigenvalue weighted by Gasteiger charge is -2.38. The van der Waals surface area contributed by atoms with Crippen LogP contribution in [0.4, 0.5) is 5.69 Å². The molecule has 0 radical (unpaired) electrons. The van der Waals surface area contributed by atoms with Crippen LogP contribution < -0.4 is 10.2 Å². The highest BCUT2D eigenvalue weighted by Gasteiger charge is 2.19. The summed E-state index contributed by atoms with van der Waals surface area (Å²) in [7, 11) is 0. The Labute approximate surface area is 145 Å². The second kappa shape index (κ2) is 9.04. The molecular formula is C19H31N3O2. The molecule has 1 fully saturated rings. The van der Waals surface area contributed by atoms with Gasteiger partial charge >= 0.3 is 0 Å². The lowest BCUT2D eigenvalue weighted by Crippen LogP contribution is -2.48. The monoisotopic (exact) mass is 333 g/mol. The highest BCUT2D eigenvalue weighted by Crippen LogP contribution is 2.18. The molecule has 1 heterocycles. The van der Waals surface area contributed by atoms with Gasteiger partial charge in [0.2, 0.25) is 0 Å². The zero-order valence-electron chi connectivity index (χ0n) is 15.2. The number of aliphatic hydroxyl groups is 1. The van der Waals surface area contributed by atoms with E-state index in [9.17, 15) is 4.79 Å². The lowest BCUT2D eigenvalue weighted by molar-refractivity contribution is 0.0945. The first-order valence-electron chi connectivity index (χ1n) is 8.99. The van der Waals surface area contributed by atoms with Gasteiger partial charge in [0.1, 0.15) is 0 Å². The number of anilines is 1. The molecule has 2 N–H and O–H groups in total. The van der Waals surface area contributed by atoms with Crippen LogP contribution in [-0.2, 0) is 0 Å². The number of rotatable bonds is 7. The number of nitrogens with zero attached hydrogens (tertiary/aromatic N) is 2. The largest absolute Gasteiger partial charge is 0.396 e. The van der Waals surface area contributed by atoms with E-state index in [1.807, 2.05) is 31.2 Å². The van der Waals surface area contributed by atoms with Crippen LogP contribution in [0, 0.1) is 5.92 Å². The number of hydrogen-bond donors (Lipinski definition) is 2. The molecular weight excluding hydrogens is 302 g/mol. The van der Waals surface area contributed by atoms with Gasteiger partial charge < -0.3 is 15.3 Å². The number of hydrogen-bond acceptors (Lipinski definition) is 4. The molecule has 1 aromatic carbocycles. The van der Waals surface area contributed by atoms with Crippen LogP contribution >= 0.6 is 0 Å². The van der Waals surface area contributed by atoms with Gasteiger partial charge in [-0.3, -0.25) is 9.69 Å². The van der Waals surface area contributed by atoms with Gasteiger partial charge in [0.15, 0.2) is 0 Å². The zero-order chi connectivity index (χ0) is 17.5. The van der Waals surface area contributed by atoms with Crippen molar-refractivity contribution in [1.29, 1.82) is 0 Å². The van der Waals surface area contributed by atoms with Gasteiger partial charge in [-0.1, -0.05) is 6.92 Å². The third kappa shape index (κ3) is 5.21. The minimum atomic E-state index is -0.0454. The predicted octanol–water partition coefficient (Wildman–Crippen LogP) is 1.97. The molecule has 1 aliphatic heterocycles. The van der Waals surface area contributed by atoms with E-state index in [-0.39, 0.29) is 18.4 Å². The van der Waals surface area contributed by atoms with Crippen LogP contribution in [0.1, 0.15) is 37.6 Å². The highest BCUT2D eigenvalue weighted by molar-refractivity contribution is 5.94. The maximum Gasteiger partial charge on any atom is 0.251 e. The number of benzene rings is 1. The number of piperazine rings is 1.